The first-order valence-corrected chi connectivity index (χ1v) is 6.64. The first-order chi connectivity index (χ1) is 9.52. The Morgan fingerprint density at radius 2 is 2.10 bits per heavy atom. The summed E-state index contributed by atoms with van der Waals surface area (Å²) in [5.74, 6) is 0.185. The lowest BCUT2D eigenvalue weighted by atomic mass is 10.0. The Morgan fingerprint density at radius 1 is 1.35 bits per heavy atom. The van der Waals surface area contributed by atoms with Crippen molar-refractivity contribution in [2.45, 2.75) is 26.7 Å². The van der Waals surface area contributed by atoms with E-state index in [1.54, 1.807) is 12.1 Å². The van der Waals surface area contributed by atoms with E-state index in [0.29, 0.717) is 23.9 Å². The van der Waals surface area contributed by atoms with Gasteiger partial charge in [0.25, 0.3) is 5.56 Å². The predicted molar refractivity (Wildman–Crippen MR) is 83.3 cm³/mol. The molecule has 0 aliphatic heterocycles. The minimum Gasteiger partial charge on any atom is -0.508 e. The van der Waals surface area contributed by atoms with Crippen molar-refractivity contribution in [1.82, 2.24) is 4.98 Å². The van der Waals surface area contributed by atoms with Gasteiger partial charge in [-0.15, -0.1) is 6.58 Å². The van der Waals surface area contributed by atoms with Gasteiger partial charge in [0.05, 0.1) is 5.52 Å². The molecule has 1 heterocycles. The molecule has 0 saturated carbocycles. The highest BCUT2D eigenvalue weighted by Crippen LogP contribution is 2.26. The molecule has 2 N–H and O–H groups in total. The molecule has 1 aromatic heterocycles. The zero-order valence-electron chi connectivity index (χ0n) is 11.9. The summed E-state index contributed by atoms with van der Waals surface area (Å²) in [6, 6.07) is 5.36. The van der Waals surface area contributed by atoms with E-state index in [1.807, 2.05) is 32.1 Å². The molecule has 3 nitrogen and oxygen atoms in total. The Kier molecular flexibility index (Phi) is 4.08. The summed E-state index contributed by atoms with van der Waals surface area (Å²) >= 11 is 0. The third kappa shape index (κ3) is 2.82. The van der Waals surface area contributed by atoms with Crippen LogP contribution in [0.4, 0.5) is 0 Å². The number of allylic oxidation sites excluding steroid dienone is 3. The molecule has 0 spiro atoms. The number of aromatic nitrogens is 1. The van der Waals surface area contributed by atoms with Crippen molar-refractivity contribution in [3.8, 4) is 5.75 Å². The highest BCUT2D eigenvalue weighted by molar-refractivity contribution is 5.84. The molecule has 0 aliphatic rings. The molecule has 3 heteroatoms. The van der Waals surface area contributed by atoms with Crippen molar-refractivity contribution in [3.63, 3.8) is 0 Å². The number of benzene rings is 1. The van der Waals surface area contributed by atoms with Gasteiger partial charge in [-0.25, -0.2) is 0 Å². The smallest absolute Gasteiger partial charge is 0.251 e. The molecule has 0 aliphatic carbocycles. The lowest BCUT2D eigenvalue weighted by molar-refractivity contribution is 0.470. The predicted octanol–water partition coefficient (Wildman–Crippen LogP) is 3.47. The summed E-state index contributed by atoms with van der Waals surface area (Å²) in [5.41, 5.74) is 3.21. The number of H-pyrrole nitrogens is 1. The van der Waals surface area contributed by atoms with E-state index >= 15 is 0 Å². The van der Waals surface area contributed by atoms with Gasteiger partial charge in [-0.3, -0.25) is 4.79 Å². The van der Waals surface area contributed by atoms with Crippen molar-refractivity contribution in [3.05, 3.63) is 64.0 Å². The number of aromatic hydroxyl groups is 1. The molecule has 0 atom stereocenters. The molecular weight excluding hydrogens is 250 g/mol. The van der Waals surface area contributed by atoms with Crippen LogP contribution in [0.2, 0.25) is 0 Å². The van der Waals surface area contributed by atoms with Gasteiger partial charge in [0.15, 0.2) is 0 Å². The average Bonchev–Trinajstić information content (AvgIpc) is 2.40. The minimum atomic E-state index is -0.106. The van der Waals surface area contributed by atoms with Gasteiger partial charge >= 0.3 is 0 Å². The van der Waals surface area contributed by atoms with E-state index in [0.717, 1.165) is 10.9 Å². The number of fused-ring (bicyclic) bond motifs is 1. The first kappa shape index (κ1) is 14.1. The fraction of sp³-hybridized carbons (Fsp3) is 0.235. The fourth-order valence-corrected chi connectivity index (χ4v) is 2.19. The summed E-state index contributed by atoms with van der Waals surface area (Å²) in [7, 11) is 0. The second-order valence-electron chi connectivity index (χ2n) is 5.13. The van der Waals surface area contributed by atoms with Crippen LogP contribution in [0, 0.1) is 0 Å². The molecule has 20 heavy (non-hydrogen) atoms. The van der Waals surface area contributed by atoms with Crippen LogP contribution in [0.15, 0.2) is 47.3 Å². The molecule has 0 bridgehead atoms. The lowest BCUT2D eigenvalue weighted by Gasteiger charge is -2.08. The summed E-state index contributed by atoms with van der Waals surface area (Å²) in [6.07, 6.45) is 4.88. The van der Waals surface area contributed by atoms with Crippen molar-refractivity contribution < 1.29 is 5.11 Å². The van der Waals surface area contributed by atoms with Crippen molar-refractivity contribution >= 4 is 10.9 Å². The summed E-state index contributed by atoms with van der Waals surface area (Å²) in [4.78, 5) is 15.0. The van der Waals surface area contributed by atoms with E-state index in [-0.39, 0.29) is 11.3 Å². The molecule has 0 unspecified atom stereocenters. The zero-order chi connectivity index (χ0) is 14.7. The molecule has 2 aromatic rings. The summed E-state index contributed by atoms with van der Waals surface area (Å²) in [6.45, 7) is 7.70. The van der Waals surface area contributed by atoms with Crippen LogP contribution < -0.4 is 5.56 Å². The third-order valence-electron chi connectivity index (χ3n) is 3.26. The number of hydrogen-bond acceptors (Lipinski definition) is 2. The summed E-state index contributed by atoms with van der Waals surface area (Å²) in [5, 5.41) is 10.8. The quantitative estimate of drug-likeness (QED) is 0.835. The highest BCUT2D eigenvalue weighted by Gasteiger charge is 2.09. The molecule has 1 aromatic carbocycles. The van der Waals surface area contributed by atoms with Crippen LogP contribution in [0.3, 0.4) is 0 Å². The topological polar surface area (TPSA) is 53.1 Å². The Bertz CT molecular complexity index is 734. The Labute approximate surface area is 118 Å². The van der Waals surface area contributed by atoms with Gasteiger partial charge in [-0.05, 0) is 50.3 Å². The number of phenolic OH excluding ortho intramolecular Hbond substituents is 1. The highest BCUT2D eigenvalue weighted by atomic mass is 16.3. The van der Waals surface area contributed by atoms with Crippen LogP contribution in [-0.2, 0) is 12.8 Å². The van der Waals surface area contributed by atoms with E-state index in [2.05, 4.69) is 11.6 Å². The van der Waals surface area contributed by atoms with Gasteiger partial charge < -0.3 is 10.1 Å². The van der Waals surface area contributed by atoms with Crippen LogP contribution in [0.1, 0.15) is 25.0 Å². The zero-order valence-corrected chi connectivity index (χ0v) is 11.9. The van der Waals surface area contributed by atoms with Crippen molar-refractivity contribution in [2.24, 2.45) is 0 Å². The average molecular weight is 269 g/mol. The lowest BCUT2D eigenvalue weighted by Crippen LogP contribution is -2.12. The van der Waals surface area contributed by atoms with Gasteiger partial charge in [0.1, 0.15) is 5.75 Å². The molecule has 0 radical (unpaired) electrons. The summed E-state index contributed by atoms with van der Waals surface area (Å²) < 4.78 is 0. The van der Waals surface area contributed by atoms with Gasteiger partial charge in [-0.1, -0.05) is 17.7 Å². The first-order valence-electron chi connectivity index (χ1n) is 6.64. The molecule has 0 saturated heterocycles. The van der Waals surface area contributed by atoms with E-state index < -0.39 is 0 Å². The molecule has 0 fully saturated rings. The number of rotatable bonds is 4. The number of aromatic amines is 1. The number of pyridine rings is 1. The maximum absolute atomic E-state index is 12.1. The number of nitrogens with one attached hydrogen (secondary N) is 1. The number of hydrogen-bond donors (Lipinski definition) is 2. The second kappa shape index (κ2) is 5.78. The van der Waals surface area contributed by atoms with E-state index in [4.69, 9.17) is 0 Å². The second-order valence-corrected chi connectivity index (χ2v) is 5.13. The van der Waals surface area contributed by atoms with Crippen LogP contribution in [0.25, 0.3) is 10.9 Å². The Balaban J connectivity index is 2.61. The fourth-order valence-electron chi connectivity index (χ4n) is 2.19. The molecular formula is C17H19NO2. The van der Waals surface area contributed by atoms with Crippen LogP contribution in [-0.4, -0.2) is 10.1 Å². The Hall–Kier alpha value is -2.29. The SMILES string of the molecule is C=CCc1c(O)ccc2cc(CC=C(C)C)c(=O)[nH]c12. The monoisotopic (exact) mass is 269 g/mol. The molecule has 2 rings (SSSR count). The van der Waals surface area contributed by atoms with Crippen LogP contribution in [0.5, 0.6) is 5.75 Å². The van der Waals surface area contributed by atoms with E-state index in [9.17, 15) is 9.90 Å². The van der Waals surface area contributed by atoms with E-state index in [1.165, 1.54) is 5.57 Å². The molecule has 104 valence electrons. The standard InChI is InChI=1S/C17H19NO2/c1-4-5-14-15(19)9-8-12-10-13(7-6-11(2)3)17(20)18-16(12)14/h4,6,8-10,19H,1,5,7H2,2-3H3,(H,18,20). The van der Waals surface area contributed by atoms with Gasteiger partial charge in [0.2, 0.25) is 0 Å². The van der Waals surface area contributed by atoms with Crippen molar-refractivity contribution in [2.75, 3.05) is 0 Å². The van der Waals surface area contributed by atoms with Gasteiger partial charge in [0, 0.05) is 11.1 Å². The molecule has 0 amide bonds. The third-order valence-corrected chi connectivity index (χ3v) is 3.26. The maximum atomic E-state index is 12.1. The minimum absolute atomic E-state index is 0.106. The Morgan fingerprint density at radius 3 is 2.75 bits per heavy atom. The number of phenols is 1. The largest absolute Gasteiger partial charge is 0.508 e. The van der Waals surface area contributed by atoms with Gasteiger partial charge in [-0.2, -0.15) is 0 Å². The van der Waals surface area contributed by atoms with Crippen molar-refractivity contribution in [1.29, 1.82) is 0 Å². The normalized spacial score (nSPS) is 10.5. The van der Waals surface area contributed by atoms with Crippen LogP contribution >= 0.6 is 0 Å². The maximum Gasteiger partial charge on any atom is 0.251 e.